The van der Waals surface area contributed by atoms with Crippen LogP contribution in [0, 0.1) is 6.92 Å². The van der Waals surface area contributed by atoms with Crippen LogP contribution >= 0.6 is 11.3 Å². The van der Waals surface area contributed by atoms with E-state index in [4.69, 9.17) is 14.5 Å². The lowest BCUT2D eigenvalue weighted by atomic mass is 10.2. The number of hydrogen-bond acceptors (Lipinski definition) is 5. The molecular weight excluding hydrogens is 338 g/mol. The smallest absolute Gasteiger partial charge is 0.298 e. The Morgan fingerprint density at radius 3 is 2.88 bits per heavy atom. The van der Waals surface area contributed by atoms with Crippen molar-refractivity contribution in [2.45, 2.75) is 13.3 Å². The van der Waals surface area contributed by atoms with Gasteiger partial charge in [0.15, 0.2) is 5.13 Å². The van der Waals surface area contributed by atoms with Crippen LogP contribution in [0.25, 0.3) is 10.2 Å². The van der Waals surface area contributed by atoms with Gasteiger partial charge in [-0.3, -0.25) is 9.69 Å². The molecule has 2 aromatic rings. The number of rotatable bonds is 6. The van der Waals surface area contributed by atoms with E-state index >= 15 is 0 Å². The molecule has 2 heterocycles. The molecule has 6 nitrogen and oxygen atoms in total. The molecule has 0 saturated heterocycles. The van der Waals surface area contributed by atoms with Crippen LogP contribution < -0.4 is 9.80 Å². The van der Waals surface area contributed by atoms with Crippen LogP contribution in [0.2, 0.25) is 0 Å². The summed E-state index contributed by atoms with van der Waals surface area (Å²) in [5, 5.41) is 0.707. The number of amides is 1. The molecule has 25 heavy (non-hydrogen) atoms. The van der Waals surface area contributed by atoms with Gasteiger partial charge in [-0.15, -0.1) is 0 Å². The molecule has 0 radical (unpaired) electrons. The lowest BCUT2D eigenvalue weighted by Crippen LogP contribution is -3.05. The standard InChI is InChI=1S/C18H23N3O3S/c1-13-6-4-7-15-16(13)19-18(25-15)21(9-5-8-20(2)3)17(22)14-12-23-10-11-24-14/h4,6-7,12H,5,8-11H2,1-3H3/p+1. The van der Waals surface area contributed by atoms with Crippen molar-refractivity contribution in [3.63, 3.8) is 0 Å². The van der Waals surface area contributed by atoms with Crippen molar-refractivity contribution in [3.8, 4) is 0 Å². The molecule has 0 saturated carbocycles. The maximum Gasteiger partial charge on any atom is 0.298 e. The van der Waals surface area contributed by atoms with Crippen molar-refractivity contribution in [1.29, 1.82) is 0 Å². The van der Waals surface area contributed by atoms with E-state index in [9.17, 15) is 4.79 Å². The van der Waals surface area contributed by atoms with Crippen molar-refractivity contribution in [2.24, 2.45) is 0 Å². The highest BCUT2D eigenvalue weighted by molar-refractivity contribution is 7.22. The molecule has 0 fully saturated rings. The molecule has 134 valence electrons. The Bertz CT molecular complexity index is 785. The van der Waals surface area contributed by atoms with Crippen LogP contribution in [0.15, 0.2) is 30.2 Å². The number of nitrogens with zero attached hydrogens (tertiary/aromatic N) is 2. The zero-order chi connectivity index (χ0) is 17.8. The Kier molecular flexibility index (Phi) is 5.55. The molecule has 0 spiro atoms. The predicted molar refractivity (Wildman–Crippen MR) is 99.0 cm³/mol. The summed E-state index contributed by atoms with van der Waals surface area (Å²) >= 11 is 1.53. The molecule has 1 amide bonds. The summed E-state index contributed by atoms with van der Waals surface area (Å²) in [5.74, 6) is 0.0598. The number of quaternary nitrogens is 1. The quantitative estimate of drug-likeness (QED) is 0.843. The van der Waals surface area contributed by atoms with E-state index in [2.05, 4.69) is 14.1 Å². The Labute approximate surface area is 151 Å². The number of thiazole rings is 1. The second-order valence-corrected chi connectivity index (χ2v) is 7.40. The number of para-hydroxylation sites is 1. The second kappa shape index (κ2) is 7.84. The normalized spacial score (nSPS) is 14.2. The molecule has 7 heteroatoms. The topological polar surface area (TPSA) is 56.1 Å². The summed E-state index contributed by atoms with van der Waals surface area (Å²) in [7, 11) is 4.21. The zero-order valence-electron chi connectivity index (χ0n) is 14.9. The summed E-state index contributed by atoms with van der Waals surface area (Å²) in [6.07, 6.45) is 2.30. The van der Waals surface area contributed by atoms with Crippen molar-refractivity contribution in [2.75, 3.05) is 45.3 Å². The van der Waals surface area contributed by atoms with Crippen LogP contribution in [0.4, 0.5) is 5.13 Å². The molecule has 1 aromatic carbocycles. The molecule has 0 bridgehead atoms. The first-order valence-electron chi connectivity index (χ1n) is 8.48. The summed E-state index contributed by atoms with van der Waals surface area (Å²) in [5.41, 5.74) is 2.06. The van der Waals surface area contributed by atoms with Crippen LogP contribution in [0.3, 0.4) is 0 Å². The summed E-state index contributed by atoms with van der Waals surface area (Å²) in [4.78, 5) is 20.7. The van der Waals surface area contributed by atoms with Gasteiger partial charge < -0.3 is 14.4 Å². The van der Waals surface area contributed by atoms with Crippen LogP contribution in [0.1, 0.15) is 12.0 Å². The Balaban J connectivity index is 1.89. The number of aromatic nitrogens is 1. The van der Waals surface area contributed by atoms with E-state index in [1.807, 2.05) is 25.1 Å². The van der Waals surface area contributed by atoms with E-state index in [-0.39, 0.29) is 11.7 Å². The van der Waals surface area contributed by atoms with E-state index in [0.29, 0.717) is 24.9 Å². The number of ether oxygens (including phenoxy) is 2. The molecule has 0 aliphatic carbocycles. The summed E-state index contributed by atoms with van der Waals surface area (Å²) in [6, 6.07) is 6.09. The monoisotopic (exact) mass is 362 g/mol. The van der Waals surface area contributed by atoms with E-state index in [0.717, 1.165) is 28.7 Å². The largest absolute Gasteiger partial charge is 0.494 e. The average molecular weight is 362 g/mol. The average Bonchev–Trinajstić information content (AvgIpc) is 3.04. The minimum Gasteiger partial charge on any atom is -0.494 e. The second-order valence-electron chi connectivity index (χ2n) is 6.39. The molecular formula is C18H24N3O3S+. The van der Waals surface area contributed by atoms with Crippen molar-refractivity contribution >= 4 is 32.6 Å². The first-order valence-corrected chi connectivity index (χ1v) is 9.29. The maximum absolute atomic E-state index is 12.9. The van der Waals surface area contributed by atoms with Crippen LogP contribution in [-0.4, -0.2) is 51.3 Å². The first kappa shape index (κ1) is 17.7. The summed E-state index contributed by atoms with van der Waals surface area (Å²) < 4.78 is 11.8. The molecule has 1 aromatic heterocycles. The number of hydrogen-bond donors (Lipinski definition) is 1. The number of aryl methyl sites for hydroxylation is 1. The lowest BCUT2D eigenvalue weighted by Gasteiger charge is -2.23. The Morgan fingerprint density at radius 1 is 1.36 bits per heavy atom. The van der Waals surface area contributed by atoms with E-state index < -0.39 is 0 Å². The third-order valence-corrected chi connectivity index (χ3v) is 5.05. The fourth-order valence-corrected chi connectivity index (χ4v) is 3.75. The number of carbonyl (C=O) groups excluding carboxylic acids is 1. The maximum atomic E-state index is 12.9. The van der Waals surface area contributed by atoms with Crippen LogP contribution in [0.5, 0.6) is 0 Å². The SMILES string of the molecule is Cc1cccc2sc(N(CCC[NH+](C)C)C(=O)C3=COCCO3)nc12. The summed E-state index contributed by atoms with van der Waals surface area (Å²) in [6.45, 7) is 4.48. The number of carbonyl (C=O) groups is 1. The molecule has 0 atom stereocenters. The molecule has 3 rings (SSSR count). The predicted octanol–water partition coefficient (Wildman–Crippen LogP) is 1.36. The van der Waals surface area contributed by atoms with Gasteiger partial charge in [0.1, 0.15) is 19.5 Å². The van der Waals surface area contributed by atoms with Gasteiger partial charge in [-0.1, -0.05) is 23.5 Å². The van der Waals surface area contributed by atoms with Gasteiger partial charge in [0.2, 0.25) is 5.76 Å². The number of benzene rings is 1. The van der Waals surface area contributed by atoms with Gasteiger partial charge in [0.05, 0.1) is 30.9 Å². The Hall–Kier alpha value is -2.12. The van der Waals surface area contributed by atoms with E-state index in [1.54, 1.807) is 4.90 Å². The third kappa shape index (κ3) is 4.11. The molecule has 1 N–H and O–H groups in total. The van der Waals surface area contributed by atoms with Gasteiger partial charge in [-0.25, -0.2) is 4.98 Å². The minimum atomic E-state index is -0.190. The zero-order valence-corrected chi connectivity index (χ0v) is 15.7. The Morgan fingerprint density at radius 2 is 2.20 bits per heavy atom. The molecule has 0 unspecified atom stereocenters. The highest BCUT2D eigenvalue weighted by Crippen LogP contribution is 2.31. The van der Waals surface area contributed by atoms with Gasteiger partial charge in [0.25, 0.3) is 5.91 Å². The highest BCUT2D eigenvalue weighted by Gasteiger charge is 2.26. The molecule has 1 aliphatic rings. The van der Waals surface area contributed by atoms with Crippen molar-refractivity contribution in [1.82, 2.24) is 4.98 Å². The number of fused-ring (bicyclic) bond motifs is 1. The lowest BCUT2D eigenvalue weighted by molar-refractivity contribution is -0.858. The highest BCUT2D eigenvalue weighted by atomic mass is 32.1. The van der Waals surface area contributed by atoms with Crippen molar-refractivity contribution in [3.05, 3.63) is 35.8 Å². The fourth-order valence-electron chi connectivity index (χ4n) is 2.68. The fraction of sp³-hybridized carbons (Fsp3) is 0.444. The van der Waals surface area contributed by atoms with Gasteiger partial charge in [-0.05, 0) is 18.6 Å². The van der Waals surface area contributed by atoms with Crippen molar-refractivity contribution < 1.29 is 19.2 Å². The molecule has 1 aliphatic heterocycles. The number of anilines is 1. The third-order valence-electron chi connectivity index (χ3n) is 4.00. The van der Waals surface area contributed by atoms with Gasteiger partial charge in [-0.2, -0.15) is 0 Å². The van der Waals surface area contributed by atoms with Crippen LogP contribution in [-0.2, 0) is 14.3 Å². The first-order chi connectivity index (χ1) is 12.1. The minimum absolute atomic E-state index is 0.190. The number of nitrogens with one attached hydrogen (secondary N) is 1. The van der Waals surface area contributed by atoms with Gasteiger partial charge >= 0.3 is 0 Å². The van der Waals surface area contributed by atoms with E-state index in [1.165, 1.54) is 22.5 Å². The van der Waals surface area contributed by atoms with Gasteiger partial charge in [0, 0.05) is 13.0 Å².